The number of aromatic nitrogens is 2. The van der Waals surface area contributed by atoms with Gasteiger partial charge in [-0.15, -0.1) is 0 Å². The lowest BCUT2D eigenvalue weighted by atomic mass is 10.1. The van der Waals surface area contributed by atoms with Crippen molar-refractivity contribution in [1.29, 1.82) is 0 Å². The summed E-state index contributed by atoms with van der Waals surface area (Å²) >= 11 is 0. The van der Waals surface area contributed by atoms with Crippen molar-refractivity contribution in [3.63, 3.8) is 0 Å². The summed E-state index contributed by atoms with van der Waals surface area (Å²) < 4.78 is 5.19. The molecule has 3 aromatic rings. The monoisotopic (exact) mass is 281 g/mol. The molecule has 21 heavy (non-hydrogen) atoms. The molecule has 0 radical (unpaired) electrons. The fourth-order valence-electron chi connectivity index (χ4n) is 2.27. The molecule has 1 aromatic carbocycles. The molecular weight excluding hydrogens is 266 g/mol. The number of para-hydroxylation sites is 1. The first-order valence-corrected chi connectivity index (χ1v) is 6.81. The predicted molar refractivity (Wildman–Crippen MR) is 80.3 cm³/mol. The Balaban J connectivity index is 1.95. The number of aryl methyl sites for hydroxylation is 1. The Kier molecular flexibility index (Phi) is 3.39. The standard InChI is InChI=1S/C16H15N3O2/c1-3-13-10(2)16(21-19-13)18-15(20)12-8-4-6-11-7-5-9-17-14(11)12/h4-9H,3H2,1-2H3,(H,18,20). The third-order valence-corrected chi connectivity index (χ3v) is 3.46. The molecule has 0 aliphatic rings. The van der Waals surface area contributed by atoms with Crippen molar-refractivity contribution >= 4 is 22.7 Å². The van der Waals surface area contributed by atoms with Gasteiger partial charge in [-0.1, -0.05) is 30.3 Å². The third-order valence-electron chi connectivity index (χ3n) is 3.46. The Morgan fingerprint density at radius 1 is 1.29 bits per heavy atom. The molecule has 106 valence electrons. The van der Waals surface area contributed by atoms with E-state index in [1.165, 1.54) is 0 Å². The summed E-state index contributed by atoms with van der Waals surface area (Å²) in [4.78, 5) is 16.7. The highest BCUT2D eigenvalue weighted by molar-refractivity contribution is 6.11. The minimum atomic E-state index is -0.249. The normalized spacial score (nSPS) is 10.8. The topological polar surface area (TPSA) is 68.0 Å². The summed E-state index contributed by atoms with van der Waals surface area (Å²) in [5.41, 5.74) is 2.90. The molecular formula is C16H15N3O2. The largest absolute Gasteiger partial charge is 0.338 e. The predicted octanol–water partition coefficient (Wildman–Crippen LogP) is 3.35. The fourth-order valence-corrected chi connectivity index (χ4v) is 2.27. The second-order valence-corrected chi connectivity index (χ2v) is 4.77. The third kappa shape index (κ3) is 2.38. The van der Waals surface area contributed by atoms with Crippen LogP contribution in [-0.4, -0.2) is 16.0 Å². The minimum absolute atomic E-state index is 0.249. The summed E-state index contributed by atoms with van der Waals surface area (Å²) in [6.45, 7) is 3.87. The fraction of sp³-hybridized carbons (Fsp3) is 0.188. The Hall–Kier alpha value is -2.69. The first-order valence-electron chi connectivity index (χ1n) is 6.81. The molecule has 0 aliphatic heterocycles. The molecule has 2 heterocycles. The second kappa shape index (κ2) is 5.36. The smallest absolute Gasteiger partial charge is 0.260 e. The van der Waals surface area contributed by atoms with Crippen LogP contribution in [0.1, 0.15) is 28.5 Å². The van der Waals surface area contributed by atoms with Gasteiger partial charge in [0.15, 0.2) is 0 Å². The number of nitrogens with one attached hydrogen (secondary N) is 1. The zero-order valence-electron chi connectivity index (χ0n) is 11.9. The number of rotatable bonds is 3. The maximum atomic E-state index is 12.4. The van der Waals surface area contributed by atoms with Crippen LogP contribution in [0, 0.1) is 6.92 Å². The molecule has 0 aliphatic carbocycles. The molecule has 5 nitrogen and oxygen atoms in total. The molecule has 3 rings (SSSR count). The van der Waals surface area contributed by atoms with Crippen molar-refractivity contribution in [2.75, 3.05) is 5.32 Å². The molecule has 0 bridgehead atoms. The van der Waals surface area contributed by atoms with Crippen molar-refractivity contribution in [3.8, 4) is 0 Å². The Morgan fingerprint density at radius 3 is 2.86 bits per heavy atom. The van der Waals surface area contributed by atoms with Gasteiger partial charge < -0.3 is 4.52 Å². The summed E-state index contributed by atoms with van der Waals surface area (Å²) in [7, 11) is 0. The van der Waals surface area contributed by atoms with E-state index in [1.54, 1.807) is 12.3 Å². The summed E-state index contributed by atoms with van der Waals surface area (Å²) in [5.74, 6) is 0.144. The maximum Gasteiger partial charge on any atom is 0.260 e. The number of benzene rings is 1. The Labute approximate surface area is 122 Å². The van der Waals surface area contributed by atoms with Gasteiger partial charge in [0.2, 0.25) is 5.88 Å². The van der Waals surface area contributed by atoms with E-state index in [2.05, 4.69) is 15.5 Å². The maximum absolute atomic E-state index is 12.4. The van der Waals surface area contributed by atoms with Gasteiger partial charge in [0.05, 0.1) is 16.8 Å². The SMILES string of the molecule is CCc1noc(NC(=O)c2cccc3cccnc23)c1C. The van der Waals surface area contributed by atoms with Gasteiger partial charge in [-0.05, 0) is 25.5 Å². The molecule has 1 N–H and O–H groups in total. The molecule has 0 saturated heterocycles. The average molecular weight is 281 g/mol. The molecule has 2 aromatic heterocycles. The van der Waals surface area contributed by atoms with E-state index in [0.29, 0.717) is 17.0 Å². The molecule has 0 fully saturated rings. The lowest BCUT2D eigenvalue weighted by Gasteiger charge is -2.05. The lowest BCUT2D eigenvalue weighted by molar-refractivity contribution is 0.102. The van der Waals surface area contributed by atoms with Gasteiger partial charge in [-0.25, -0.2) is 0 Å². The number of hydrogen-bond donors (Lipinski definition) is 1. The number of hydrogen-bond acceptors (Lipinski definition) is 4. The number of nitrogens with zero attached hydrogens (tertiary/aromatic N) is 2. The van der Waals surface area contributed by atoms with Crippen LogP contribution in [0.5, 0.6) is 0 Å². The highest BCUT2D eigenvalue weighted by Gasteiger charge is 2.16. The van der Waals surface area contributed by atoms with E-state index in [-0.39, 0.29) is 5.91 Å². The van der Waals surface area contributed by atoms with Crippen molar-refractivity contribution in [3.05, 3.63) is 53.3 Å². The van der Waals surface area contributed by atoms with Crippen molar-refractivity contribution in [2.24, 2.45) is 0 Å². The molecule has 0 spiro atoms. The second-order valence-electron chi connectivity index (χ2n) is 4.77. The van der Waals surface area contributed by atoms with Crippen LogP contribution in [0.25, 0.3) is 10.9 Å². The van der Waals surface area contributed by atoms with Crippen LogP contribution < -0.4 is 5.32 Å². The van der Waals surface area contributed by atoms with Gasteiger partial charge in [0.25, 0.3) is 5.91 Å². The van der Waals surface area contributed by atoms with Crippen molar-refractivity contribution in [2.45, 2.75) is 20.3 Å². The number of anilines is 1. The van der Waals surface area contributed by atoms with Crippen LogP contribution >= 0.6 is 0 Å². The highest BCUT2D eigenvalue weighted by atomic mass is 16.5. The van der Waals surface area contributed by atoms with E-state index < -0.39 is 0 Å². The first kappa shape index (κ1) is 13.3. The number of pyridine rings is 1. The number of carbonyl (C=O) groups excluding carboxylic acids is 1. The Bertz CT molecular complexity index is 803. The molecule has 0 atom stereocenters. The van der Waals surface area contributed by atoms with Crippen LogP contribution in [-0.2, 0) is 6.42 Å². The number of carbonyl (C=O) groups is 1. The van der Waals surface area contributed by atoms with E-state index in [1.807, 2.05) is 38.1 Å². The minimum Gasteiger partial charge on any atom is -0.338 e. The summed E-state index contributed by atoms with van der Waals surface area (Å²) in [6, 6.07) is 9.28. The first-order chi connectivity index (χ1) is 10.2. The average Bonchev–Trinajstić information content (AvgIpc) is 2.87. The van der Waals surface area contributed by atoms with Crippen molar-refractivity contribution < 1.29 is 9.32 Å². The van der Waals surface area contributed by atoms with E-state index >= 15 is 0 Å². The van der Waals surface area contributed by atoms with E-state index in [0.717, 1.165) is 23.1 Å². The molecule has 0 saturated carbocycles. The van der Waals surface area contributed by atoms with Crippen LogP contribution in [0.15, 0.2) is 41.1 Å². The van der Waals surface area contributed by atoms with Gasteiger partial charge in [-0.3, -0.25) is 15.1 Å². The Morgan fingerprint density at radius 2 is 2.10 bits per heavy atom. The van der Waals surface area contributed by atoms with Crippen LogP contribution in [0.2, 0.25) is 0 Å². The summed E-state index contributed by atoms with van der Waals surface area (Å²) in [6.07, 6.45) is 2.44. The van der Waals surface area contributed by atoms with Gasteiger partial charge in [0, 0.05) is 17.1 Å². The van der Waals surface area contributed by atoms with Crippen molar-refractivity contribution in [1.82, 2.24) is 10.1 Å². The molecule has 0 unspecified atom stereocenters. The number of amides is 1. The lowest BCUT2D eigenvalue weighted by Crippen LogP contribution is -2.13. The van der Waals surface area contributed by atoms with Gasteiger partial charge in [0.1, 0.15) is 0 Å². The zero-order chi connectivity index (χ0) is 14.8. The molecule has 5 heteroatoms. The summed E-state index contributed by atoms with van der Waals surface area (Å²) in [5, 5.41) is 7.63. The van der Waals surface area contributed by atoms with Gasteiger partial charge in [-0.2, -0.15) is 0 Å². The highest BCUT2D eigenvalue weighted by Crippen LogP contribution is 2.21. The quantitative estimate of drug-likeness (QED) is 0.799. The molecule has 1 amide bonds. The van der Waals surface area contributed by atoms with Crippen LogP contribution in [0.3, 0.4) is 0 Å². The number of fused-ring (bicyclic) bond motifs is 1. The van der Waals surface area contributed by atoms with Crippen LogP contribution in [0.4, 0.5) is 5.88 Å². The van der Waals surface area contributed by atoms with E-state index in [4.69, 9.17) is 4.52 Å². The van der Waals surface area contributed by atoms with Gasteiger partial charge >= 0.3 is 0 Å². The van der Waals surface area contributed by atoms with E-state index in [9.17, 15) is 4.79 Å². The zero-order valence-corrected chi connectivity index (χ0v) is 11.9.